The van der Waals surface area contributed by atoms with Crippen LogP contribution in [0.2, 0.25) is 5.02 Å². The normalized spacial score (nSPS) is 12.2. The maximum atomic E-state index is 13.1. The number of rotatable bonds is 8. The minimum absolute atomic E-state index is 0.141. The van der Waals surface area contributed by atoms with E-state index in [9.17, 15) is 9.59 Å². The van der Waals surface area contributed by atoms with E-state index in [0.717, 1.165) is 11.3 Å². The summed E-state index contributed by atoms with van der Waals surface area (Å²) >= 11 is 7.35. The van der Waals surface area contributed by atoms with Crippen molar-refractivity contribution in [3.8, 4) is 5.75 Å². The Morgan fingerprint density at radius 1 is 1.23 bits per heavy atom. The lowest BCUT2D eigenvalue weighted by Crippen LogP contribution is -2.32. The van der Waals surface area contributed by atoms with Crippen molar-refractivity contribution in [3.63, 3.8) is 0 Å². The van der Waals surface area contributed by atoms with Gasteiger partial charge in [-0.15, -0.1) is 0 Å². The third-order valence-corrected chi connectivity index (χ3v) is 6.05. The van der Waals surface area contributed by atoms with E-state index in [0.29, 0.717) is 34.2 Å². The fourth-order valence-electron chi connectivity index (χ4n) is 3.18. The molecule has 0 aliphatic carbocycles. The standard InChI is InChI=1S/C23H26ClN3O3S/c1-14(2)13-27-22(29)18-11-17(24)9-10-19(18)26-23(27)31-15(3)21(28)25-12-16-7-5-6-8-20(16)30-4/h5-11,14-15H,12-13H2,1-4H3,(H,25,28). The lowest BCUT2D eigenvalue weighted by atomic mass is 10.2. The number of carbonyl (C=O) groups is 1. The Balaban J connectivity index is 1.83. The number of ether oxygens (including phenoxy) is 1. The highest BCUT2D eigenvalue weighted by Gasteiger charge is 2.20. The molecule has 0 saturated heterocycles. The van der Waals surface area contributed by atoms with Gasteiger partial charge in [-0.05, 0) is 37.1 Å². The average Bonchev–Trinajstić information content (AvgIpc) is 2.75. The first-order valence-corrected chi connectivity index (χ1v) is 11.3. The molecule has 1 N–H and O–H groups in total. The second-order valence-electron chi connectivity index (χ2n) is 7.66. The molecule has 0 aliphatic rings. The Labute approximate surface area is 191 Å². The van der Waals surface area contributed by atoms with Crippen LogP contribution in [0.4, 0.5) is 0 Å². The molecule has 0 saturated carbocycles. The monoisotopic (exact) mass is 459 g/mol. The Kier molecular flexibility index (Phi) is 7.62. The van der Waals surface area contributed by atoms with Crippen LogP contribution in [-0.2, 0) is 17.9 Å². The van der Waals surface area contributed by atoms with Gasteiger partial charge in [0.15, 0.2) is 5.16 Å². The van der Waals surface area contributed by atoms with Crippen molar-refractivity contribution in [1.29, 1.82) is 0 Å². The lowest BCUT2D eigenvalue weighted by molar-refractivity contribution is -0.120. The van der Waals surface area contributed by atoms with Crippen LogP contribution in [0.5, 0.6) is 5.75 Å². The summed E-state index contributed by atoms with van der Waals surface area (Å²) in [4.78, 5) is 30.5. The Bertz CT molecular complexity index is 1150. The number of thioether (sulfide) groups is 1. The second-order valence-corrected chi connectivity index (χ2v) is 9.40. The molecule has 8 heteroatoms. The molecular formula is C23H26ClN3O3S. The topological polar surface area (TPSA) is 73.2 Å². The van der Waals surface area contributed by atoms with Gasteiger partial charge < -0.3 is 10.1 Å². The van der Waals surface area contributed by atoms with Gasteiger partial charge in [-0.25, -0.2) is 4.98 Å². The number of nitrogens with zero attached hydrogens (tertiary/aromatic N) is 2. The maximum Gasteiger partial charge on any atom is 0.262 e. The van der Waals surface area contributed by atoms with Crippen LogP contribution in [0.3, 0.4) is 0 Å². The van der Waals surface area contributed by atoms with Gasteiger partial charge in [-0.3, -0.25) is 14.2 Å². The second kappa shape index (κ2) is 10.2. The van der Waals surface area contributed by atoms with E-state index in [1.165, 1.54) is 11.8 Å². The summed E-state index contributed by atoms with van der Waals surface area (Å²) in [7, 11) is 1.60. The fourth-order valence-corrected chi connectivity index (χ4v) is 4.29. The van der Waals surface area contributed by atoms with Gasteiger partial charge in [-0.1, -0.05) is 55.4 Å². The molecule has 6 nitrogen and oxygen atoms in total. The number of aromatic nitrogens is 2. The zero-order chi connectivity index (χ0) is 22.5. The number of hydrogen-bond acceptors (Lipinski definition) is 5. The van der Waals surface area contributed by atoms with Crippen molar-refractivity contribution < 1.29 is 9.53 Å². The van der Waals surface area contributed by atoms with E-state index in [1.807, 2.05) is 38.1 Å². The highest BCUT2D eigenvalue weighted by atomic mass is 35.5. The summed E-state index contributed by atoms with van der Waals surface area (Å²) < 4.78 is 6.97. The first-order chi connectivity index (χ1) is 14.8. The molecule has 1 aromatic heterocycles. The summed E-state index contributed by atoms with van der Waals surface area (Å²) in [5.74, 6) is 0.825. The van der Waals surface area contributed by atoms with Crippen LogP contribution in [-0.4, -0.2) is 27.8 Å². The lowest BCUT2D eigenvalue weighted by Gasteiger charge is -2.18. The summed E-state index contributed by atoms with van der Waals surface area (Å²) in [5.41, 5.74) is 1.32. The molecule has 31 heavy (non-hydrogen) atoms. The number of amides is 1. The zero-order valence-corrected chi connectivity index (χ0v) is 19.6. The van der Waals surface area contributed by atoms with E-state index in [4.69, 9.17) is 16.3 Å². The van der Waals surface area contributed by atoms with Crippen molar-refractivity contribution in [2.75, 3.05) is 7.11 Å². The molecular weight excluding hydrogens is 434 g/mol. The van der Waals surface area contributed by atoms with E-state index in [2.05, 4.69) is 10.3 Å². The van der Waals surface area contributed by atoms with Gasteiger partial charge in [0.05, 0.1) is 23.3 Å². The fraction of sp³-hybridized carbons (Fsp3) is 0.348. The first-order valence-electron chi connectivity index (χ1n) is 10.1. The number of fused-ring (bicyclic) bond motifs is 1. The van der Waals surface area contributed by atoms with E-state index < -0.39 is 5.25 Å². The van der Waals surface area contributed by atoms with Crippen LogP contribution in [0, 0.1) is 5.92 Å². The third-order valence-electron chi connectivity index (χ3n) is 4.73. The van der Waals surface area contributed by atoms with Gasteiger partial charge in [0.25, 0.3) is 5.56 Å². The number of halogens is 1. The minimum Gasteiger partial charge on any atom is -0.496 e. The molecule has 0 aliphatic heterocycles. The number of carbonyl (C=O) groups excluding carboxylic acids is 1. The molecule has 3 aromatic rings. The van der Waals surface area contributed by atoms with Crippen LogP contribution in [0.1, 0.15) is 26.3 Å². The van der Waals surface area contributed by atoms with Crippen LogP contribution in [0.15, 0.2) is 52.4 Å². The van der Waals surface area contributed by atoms with Crippen molar-refractivity contribution in [2.45, 2.75) is 44.3 Å². The van der Waals surface area contributed by atoms with Crippen molar-refractivity contribution in [3.05, 3.63) is 63.4 Å². The van der Waals surface area contributed by atoms with Crippen molar-refractivity contribution in [1.82, 2.24) is 14.9 Å². The van der Waals surface area contributed by atoms with E-state index in [-0.39, 0.29) is 17.4 Å². The summed E-state index contributed by atoms with van der Waals surface area (Å²) in [6.45, 7) is 6.74. The van der Waals surface area contributed by atoms with Gasteiger partial charge in [-0.2, -0.15) is 0 Å². The largest absolute Gasteiger partial charge is 0.496 e. The van der Waals surface area contributed by atoms with Gasteiger partial charge in [0, 0.05) is 23.7 Å². The highest BCUT2D eigenvalue weighted by molar-refractivity contribution is 8.00. The molecule has 1 amide bonds. The Hall–Kier alpha value is -2.51. The number of para-hydroxylation sites is 1. The molecule has 1 heterocycles. The Morgan fingerprint density at radius 2 is 1.97 bits per heavy atom. The summed E-state index contributed by atoms with van der Waals surface area (Å²) in [6, 6.07) is 12.6. The number of benzene rings is 2. The Morgan fingerprint density at radius 3 is 2.68 bits per heavy atom. The molecule has 1 unspecified atom stereocenters. The molecule has 3 rings (SSSR count). The molecule has 0 bridgehead atoms. The molecule has 0 radical (unpaired) electrons. The molecule has 0 spiro atoms. The summed E-state index contributed by atoms with van der Waals surface area (Å²) in [5, 5.41) is 3.99. The quantitative estimate of drug-likeness (QED) is 0.396. The SMILES string of the molecule is COc1ccccc1CNC(=O)C(C)Sc1nc2ccc(Cl)cc2c(=O)n1CC(C)C. The maximum absolute atomic E-state index is 13.1. The van der Waals surface area contributed by atoms with E-state index >= 15 is 0 Å². The molecule has 1 atom stereocenters. The molecule has 2 aromatic carbocycles. The summed E-state index contributed by atoms with van der Waals surface area (Å²) in [6.07, 6.45) is 0. The highest BCUT2D eigenvalue weighted by Crippen LogP contribution is 2.25. The molecule has 0 fully saturated rings. The van der Waals surface area contributed by atoms with Gasteiger partial charge >= 0.3 is 0 Å². The molecule has 164 valence electrons. The predicted molar refractivity (Wildman–Crippen MR) is 126 cm³/mol. The van der Waals surface area contributed by atoms with Crippen molar-refractivity contribution in [2.24, 2.45) is 5.92 Å². The number of hydrogen-bond donors (Lipinski definition) is 1. The first kappa shape index (κ1) is 23.2. The van der Waals surface area contributed by atoms with Crippen LogP contribution >= 0.6 is 23.4 Å². The van der Waals surface area contributed by atoms with Gasteiger partial charge in [0.2, 0.25) is 5.91 Å². The zero-order valence-electron chi connectivity index (χ0n) is 18.0. The smallest absolute Gasteiger partial charge is 0.262 e. The number of nitrogens with one attached hydrogen (secondary N) is 1. The third kappa shape index (κ3) is 5.60. The van der Waals surface area contributed by atoms with E-state index in [1.54, 1.807) is 36.8 Å². The van der Waals surface area contributed by atoms with Crippen LogP contribution < -0.4 is 15.6 Å². The minimum atomic E-state index is -0.440. The predicted octanol–water partition coefficient (Wildman–Crippen LogP) is 4.51. The van der Waals surface area contributed by atoms with Gasteiger partial charge in [0.1, 0.15) is 5.75 Å². The number of methoxy groups -OCH3 is 1. The van der Waals surface area contributed by atoms with Crippen molar-refractivity contribution >= 4 is 40.2 Å². The van der Waals surface area contributed by atoms with Crippen LogP contribution in [0.25, 0.3) is 10.9 Å². The average molecular weight is 460 g/mol.